The molecule has 0 spiro atoms. The zero-order valence-electron chi connectivity index (χ0n) is 16.1. The number of phenolic OH excluding ortho intramolecular Hbond substituents is 2. The molecule has 0 unspecified atom stereocenters. The number of aromatic hydroxyl groups is 2. The van der Waals surface area contributed by atoms with Crippen LogP contribution in [0.2, 0.25) is 0 Å². The highest BCUT2D eigenvalue weighted by Gasteiger charge is 2.37. The predicted octanol–water partition coefficient (Wildman–Crippen LogP) is 0.545. The van der Waals surface area contributed by atoms with Gasteiger partial charge in [0.25, 0.3) is 0 Å². The van der Waals surface area contributed by atoms with Crippen molar-refractivity contribution in [2.45, 2.75) is 0 Å². The van der Waals surface area contributed by atoms with Crippen molar-refractivity contribution in [1.29, 1.82) is 0 Å². The van der Waals surface area contributed by atoms with Crippen LogP contribution < -0.4 is 16.4 Å². The zero-order valence-corrected chi connectivity index (χ0v) is 16.1. The average molecular weight is 398 g/mol. The van der Waals surface area contributed by atoms with E-state index in [0.717, 1.165) is 0 Å². The maximum atomic E-state index is 13.1. The fourth-order valence-corrected chi connectivity index (χ4v) is 3.19. The Morgan fingerprint density at radius 3 is 2.21 bits per heavy atom. The summed E-state index contributed by atoms with van der Waals surface area (Å²) in [6.07, 6.45) is 0. The quantitative estimate of drug-likeness (QED) is 0.299. The van der Waals surface area contributed by atoms with Gasteiger partial charge in [0.15, 0.2) is 0 Å². The van der Waals surface area contributed by atoms with E-state index >= 15 is 0 Å². The van der Waals surface area contributed by atoms with E-state index < -0.39 is 11.6 Å². The number of carbonyl (C=O) groups excluding carboxylic acids is 3. The molecule has 0 saturated carbocycles. The van der Waals surface area contributed by atoms with E-state index in [4.69, 9.17) is 5.73 Å². The van der Waals surface area contributed by atoms with Gasteiger partial charge in [-0.05, 0) is 38.4 Å². The standard InChI is InChI=1S/C20H22N4O5/c1-24(2)8-7-22-14(27)9-23-11-4-6-13(26)18-16(11)20(29)17-12(25)5-3-10(21)15(17)19(18)28/h3-6,23,25-26H,7-9,21H2,1-2H3,(H,22,27). The van der Waals surface area contributed by atoms with Gasteiger partial charge in [-0.25, -0.2) is 0 Å². The summed E-state index contributed by atoms with van der Waals surface area (Å²) in [4.78, 5) is 39.9. The Kier molecular flexibility index (Phi) is 5.42. The number of amides is 1. The minimum Gasteiger partial charge on any atom is -0.507 e. The normalized spacial score (nSPS) is 12.5. The number of hydrogen-bond acceptors (Lipinski definition) is 8. The van der Waals surface area contributed by atoms with Gasteiger partial charge in [0.1, 0.15) is 11.5 Å². The van der Waals surface area contributed by atoms with Crippen LogP contribution in [0.4, 0.5) is 11.4 Å². The zero-order chi connectivity index (χ0) is 21.3. The van der Waals surface area contributed by atoms with Gasteiger partial charge < -0.3 is 31.5 Å². The van der Waals surface area contributed by atoms with Crippen LogP contribution in [0.3, 0.4) is 0 Å². The molecule has 0 heterocycles. The summed E-state index contributed by atoms with van der Waals surface area (Å²) in [6, 6.07) is 5.22. The van der Waals surface area contributed by atoms with Gasteiger partial charge >= 0.3 is 0 Å². The maximum absolute atomic E-state index is 13.1. The number of hydrogen-bond donors (Lipinski definition) is 5. The van der Waals surface area contributed by atoms with Gasteiger partial charge in [0.05, 0.1) is 28.8 Å². The molecule has 0 aliphatic heterocycles. The van der Waals surface area contributed by atoms with Crippen LogP contribution in [0.1, 0.15) is 31.8 Å². The summed E-state index contributed by atoms with van der Waals surface area (Å²) in [5, 5.41) is 25.9. The molecule has 0 fully saturated rings. The third-order valence-electron chi connectivity index (χ3n) is 4.63. The molecule has 9 heteroatoms. The first-order valence-corrected chi connectivity index (χ1v) is 8.94. The van der Waals surface area contributed by atoms with E-state index in [0.29, 0.717) is 13.1 Å². The summed E-state index contributed by atoms with van der Waals surface area (Å²) in [7, 11) is 3.77. The average Bonchev–Trinajstić information content (AvgIpc) is 2.66. The summed E-state index contributed by atoms with van der Waals surface area (Å²) < 4.78 is 0. The summed E-state index contributed by atoms with van der Waals surface area (Å²) in [5.41, 5.74) is 5.39. The lowest BCUT2D eigenvalue weighted by atomic mass is 9.81. The van der Waals surface area contributed by atoms with Crippen LogP contribution in [0.15, 0.2) is 24.3 Å². The SMILES string of the molecule is CN(C)CCNC(=O)CNc1ccc(O)c2c1C(=O)c1c(O)ccc(N)c1C2=O. The number of nitrogen functional groups attached to an aromatic ring is 1. The molecule has 0 atom stereocenters. The van der Waals surface area contributed by atoms with Gasteiger partial charge in [-0.3, -0.25) is 14.4 Å². The number of likely N-dealkylation sites (N-methyl/N-ethyl adjacent to an activating group) is 1. The third-order valence-corrected chi connectivity index (χ3v) is 4.63. The Hall–Kier alpha value is -3.59. The van der Waals surface area contributed by atoms with E-state index in [1.165, 1.54) is 24.3 Å². The van der Waals surface area contributed by atoms with Gasteiger partial charge in [-0.2, -0.15) is 0 Å². The molecule has 0 bridgehead atoms. The molecule has 2 aromatic carbocycles. The second kappa shape index (κ2) is 7.80. The van der Waals surface area contributed by atoms with Crippen LogP contribution >= 0.6 is 0 Å². The van der Waals surface area contributed by atoms with Crippen LogP contribution in [-0.2, 0) is 4.79 Å². The van der Waals surface area contributed by atoms with E-state index in [2.05, 4.69) is 10.6 Å². The van der Waals surface area contributed by atoms with Crippen molar-refractivity contribution in [2.24, 2.45) is 0 Å². The molecular weight excluding hydrogens is 376 g/mol. The van der Waals surface area contributed by atoms with Crippen molar-refractivity contribution in [3.05, 3.63) is 46.5 Å². The molecule has 1 aliphatic rings. The van der Waals surface area contributed by atoms with Gasteiger partial charge in [0.2, 0.25) is 17.5 Å². The molecule has 0 aromatic heterocycles. The first kappa shape index (κ1) is 20.2. The Bertz CT molecular complexity index is 1020. The minimum absolute atomic E-state index is 0.0276. The highest BCUT2D eigenvalue weighted by atomic mass is 16.3. The number of ketones is 2. The largest absolute Gasteiger partial charge is 0.507 e. The highest BCUT2D eigenvalue weighted by molar-refractivity contribution is 6.33. The van der Waals surface area contributed by atoms with Crippen LogP contribution in [0.25, 0.3) is 0 Å². The van der Waals surface area contributed by atoms with E-state index in [1.54, 1.807) is 0 Å². The Balaban J connectivity index is 1.92. The number of benzene rings is 2. The molecule has 152 valence electrons. The van der Waals surface area contributed by atoms with Crippen molar-refractivity contribution in [3.63, 3.8) is 0 Å². The molecule has 0 radical (unpaired) electrons. The first-order chi connectivity index (χ1) is 13.7. The number of carbonyl (C=O) groups is 3. The van der Waals surface area contributed by atoms with E-state index in [1.807, 2.05) is 19.0 Å². The second-order valence-corrected chi connectivity index (χ2v) is 6.97. The number of phenols is 2. The number of nitrogens with one attached hydrogen (secondary N) is 2. The number of nitrogens with zero attached hydrogens (tertiary/aromatic N) is 1. The molecule has 9 nitrogen and oxygen atoms in total. The predicted molar refractivity (Wildman–Crippen MR) is 108 cm³/mol. The number of nitrogens with two attached hydrogens (primary N) is 1. The van der Waals surface area contributed by atoms with Crippen molar-refractivity contribution in [2.75, 3.05) is 44.8 Å². The van der Waals surface area contributed by atoms with Gasteiger partial charge in [0, 0.05) is 24.5 Å². The first-order valence-electron chi connectivity index (χ1n) is 8.94. The van der Waals surface area contributed by atoms with Crippen molar-refractivity contribution in [1.82, 2.24) is 10.2 Å². The molecule has 29 heavy (non-hydrogen) atoms. The fraction of sp³-hybridized carbons (Fsp3) is 0.250. The third kappa shape index (κ3) is 3.72. The molecular formula is C20H22N4O5. The topological polar surface area (TPSA) is 145 Å². The lowest BCUT2D eigenvalue weighted by Gasteiger charge is -2.23. The number of anilines is 2. The molecule has 1 amide bonds. The lowest BCUT2D eigenvalue weighted by molar-refractivity contribution is -0.119. The van der Waals surface area contributed by atoms with E-state index in [9.17, 15) is 24.6 Å². The second-order valence-electron chi connectivity index (χ2n) is 6.97. The fourth-order valence-electron chi connectivity index (χ4n) is 3.19. The minimum atomic E-state index is -0.667. The van der Waals surface area contributed by atoms with Gasteiger partial charge in [-0.15, -0.1) is 0 Å². The Labute approximate surface area is 167 Å². The van der Waals surface area contributed by atoms with Crippen molar-refractivity contribution >= 4 is 28.8 Å². The van der Waals surface area contributed by atoms with Crippen LogP contribution in [-0.4, -0.2) is 66.3 Å². The van der Waals surface area contributed by atoms with Crippen LogP contribution in [0, 0.1) is 0 Å². The summed E-state index contributed by atoms with van der Waals surface area (Å²) >= 11 is 0. The van der Waals surface area contributed by atoms with E-state index in [-0.39, 0.29) is 57.6 Å². The molecule has 1 aliphatic carbocycles. The Morgan fingerprint density at radius 2 is 1.55 bits per heavy atom. The maximum Gasteiger partial charge on any atom is 0.239 e. The molecule has 6 N–H and O–H groups in total. The molecule has 3 rings (SSSR count). The molecule has 0 saturated heterocycles. The Morgan fingerprint density at radius 1 is 0.966 bits per heavy atom. The summed E-state index contributed by atoms with van der Waals surface area (Å²) in [5.74, 6) is -2.39. The summed E-state index contributed by atoms with van der Waals surface area (Å²) in [6.45, 7) is 0.992. The van der Waals surface area contributed by atoms with Gasteiger partial charge in [-0.1, -0.05) is 0 Å². The number of fused-ring (bicyclic) bond motifs is 2. The number of rotatable bonds is 6. The lowest BCUT2D eigenvalue weighted by Crippen LogP contribution is -2.35. The van der Waals surface area contributed by atoms with Crippen LogP contribution in [0.5, 0.6) is 11.5 Å². The van der Waals surface area contributed by atoms with Crippen molar-refractivity contribution in [3.8, 4) is 11.5 Å². The highest BCUT2D eigenvalue weighted by Crippen LogP contribution is 2.41. The van der Waals surface area contributed by atoms with Crippen molar-refractivity contribution < 1.29 is 24.6 Å². The monoisotopic (exact) mass is 398 g/mol. The smallest absolute Gasteiger partial charge is 0.239 e. The molecule has 2 aromatic rings.